The van der Waals surface area contributed by atoms with Crippen molar-refractivity contribution in [3.63, 3.8) is 0 Å². The van der Waals surface area contributed by atoms with Crippen LogP contribution in [0.3, 0.4) is 0 Å². The molecule has 3 unspecified atom stereocenters. The van der Waals surface area contributed by atoms with Crippen molar-refractivity contribution in [3.05, 3.63) is 27.7 Å². The van der Waals surface area contributed by atoms with Gasteiger partial charge in [-0.1, -0.05) is 22.9 Å². The van der Waals surface area contributed by atoms with Gasteiger partial charge in [-0.2, -0.15) is 23.5 Å². The molecule has 2 aliphatic heterocycles. The number of fused-ring (bicyclic) bond motifs is 1. The molecule has 0 aromatic heterocycles. The molecule has 3 atom stereocenters. The Morgan fingerprint density at radius 3 is 3.00 bits per heavy atom. The monoisotopic (exact) mass is 387 g/mol. The number of halogens is 1. The van der Waals surface area contributed by atoms with Gasteiger partial charge in [0.05, 0.1) is 6.61 Å². The van der Waals surface area contributed by atoms with Crippen LogP contribution in [-0.4, -0.2) is 34.7 Å². The number of benzene rings is 1. The highest BCUT2D eigenvalue weighted by Gasteiger charge is 2.31. The third-order valence-electron chi connectivity index (χ3n) is 4.20. The van der Waals surface area contributed by atoms with Crippen LogP contribution >= 0.6 is 39.5 Å². The van der Waals surface area contributed by atoms with E-state index in [1.807, 2.05) is 0 Å². The summed E-state index contributed by atoms with van der Waals surface area (Å²) in [4.78, 5) is 0. The number of ether oxygens (including phenoxy) is 1. The van der Waals surface area contributed by atoms with Gasteiger partial charge in [0.2, 0.25) is 0 Å². The maximum Gasteiger partial charge on any atom is 0.125 e. The Kier molecular flexibility index (Phi) is 5.46. The van der Waals surface area contributed by atoms with Gasteiger partial charge in [-0.05, 0) is 36.1 Å². The fourth-order valence-electron chi connectivity index (χ4n) is 3.20. The minimum Gasteiger partial charge on any atom is -0.493 e. The molecule has 0 spiro atoms. The van der Waals surface area contributed by atoms with Gasteiger partial charge in [0.15, 0.2) is 0 Å². The molecule has 116 valence electrons. The first-order valence-electron chi connectivity index (χ1n) is 7.62. The topological polar surface area (TPSA) is 35.2 Å². The average Bonchev–Trinajstić information content (AvgIpc) is 2.95. The van der Waals surface area contributed by atoms with Crippen LogP contribution in [0.25, 0.3) is 0 Å². The molecule has 21 heavy (non-hydrogen) atoms. The predicted molar refractivity (Wildman–Crippen MR) is 97.8 cm³/mol. The first-order chi connectivity index (χ1) is 10.2. The molecule has 2 nitrogen and oxygen atoms in total. The van der Waals surface area contributed by atoms with Crippen LogP contribution in [0.1, 0.15) is 24.5 Å². The van der Waals surface area contributed by atoms with E-state index in [0.29, 0.717) is 10.5 Å². The number of nitrogens with two attached hydrogens (primary N) is 1. The summed E-state index contributed by atoms with van der Waals surface area (Å²) >= 11 is 7.78. The molecule has 3 rings (SSSR count). The average molecular weight is 388 g/mol. The quantitative estimate of drug-likeness (QED) is 0.849. The van der Waals surface area contributed by atoms with Gasteiger partial charge in [0.25, 0.3) is 0 Å². The van der Waals surface area contributed by atoms with E-state index in [9.17, 15) is 0 Å². The zero-order chi connectivity index (χ0) is 14.8. The van der Waals surface area contributed by atoms with Gasteiger partial charge >= 0.3 is 0 Å². The summed E-state index contributed by atoms with van der Waals surface area (Å²) in [6, 6.07) is 4.57. The SMILES string of the molecule is CCC1SCCSC1C(N)Cc1cc(Br)cc2c1OCC2. The molecule has 2 heterocycles. The highest BCUT2D eigenvalue weighted by atomic mass is 79.9. The van der Waals surface area contributed by atoms with Crippen LogP contribution in [0.2, 0.25) is 0 Å². The van der Waals surface area contributed by atoms with Crippen molar-refractivity contribution in [2.24, 2.45) is 5.73 Å². The summed E-state index contributed by atoms with van der Waals surface area (Å²) in [6.45, 7) is 3.09. The zero-order valence-electron chi connectivity index (χ0n) is 12.3. The summed E-state index contributed by atoms with van der Waals surface area (Å²) in [5.74, 6) is 3.59. The predicted octanol–water partition coefficient (Wildman–Crippen LogP) is 3.88. The molecule has 0 aliphatic carbocycles. The Bertz CT molecular complexity index is 511. The van der Waals surface area contributed by atoms with Crippen LogP contribution in [0.5, 0.6) is 5.75 Å². The fourth-order valence-corrected chi connectivity index (χ4v) is 6.95. The normalized spacial score (nSPS) is 26.2. The molecule has 0 radical (unpaired) electrons. The minimum absolute atomic E-state index is 0.204. The Labute approximate surface area is 144 Å². The molecular formula is C16H22BrNOS2. The van der Waals surface area contributed by atoms with Crippen molar-refractivity contribution >= 4 is 39.5 Å². The van der Waals surface area contributed by atoms with E-state index < -0.39 is 0 Å². The summed E-state index contributed by atoms with van der Waals surface area (Å²) in [6.07, 6.45) is 3.14. The number of rotatable bonds is 4. The number of hydrogen-bond donors (Lipinski definition) is 1. The van der Waals surface area contributed by atoms with Crippen LogP contribution in [0.4, 0.5) is 0 Å². The van der Waals surface area contributed by atoms with E-state index in [2.05, 4.69) is 58.5 Å². The van der Waals surface area contributed by atoms with Crippen LogP contribution in [-0.2, 0) is 12.8 Å². The number of thioether (sulfide) groups is 2. The second-order valence-corrected chi connectivity index (χ2v) is 9.22. The van der Waals surface area contributed by atoms with E-state index in [-0.39, 0.29) is 6.04 Å². The Balaban J connectivity index is 1.77. The lowest BCUT2D eigenvalue weighted by molar-refractivity contribution is 0.352. The third-order valence-corrected chi connectivity index (χ3v) is 8.08. The van der Waals surface area contributed by atoms with Gasteiger partial charge < -0.3 is 10.5 Å². The van der Waals surface area contributed by atoms with E-state index in [4.69, 9.17) is 10.5 Å². The van der Waals surface area contributed by atoms with E-state index >= 15 is 0 Å². The molecule has 1 aromatic rings. The molecule has 0 saturated carbocycles. The Morgan fingerprint density at radius 1 is 1.38 bits per heavy atom. The van der Waals surface area contributed by atoms with Crippen LogP contribution in [0.15, 0.2) is 16.6 Å². The molecule has 2 aliphatic rings. The highest BCUT2D eigenvalue weighted by molar-refractivity contribution is 9.10. The molecule has 2 N–H and O–H groups in total. The second-order valence-electron chi connectivity index (χ2n) is 5.67. The summed E-state index contributed by atoms with van der Waals surface area (Å²) < 4.78 is 6.98. The molecular weight excluding hydrogens is 366 g/mol. The van der Waals surface area contributed by atoms with E-state index in [0.717, 1.165) is 29.7 Å². The van der Waals surface area contributed by atoms with Crippen molar-refractivity contribution in [3.8, 4) is 5.75 Å². The molecule has 1 saturated heterocycles. The molecule has 0 bridgehead atoms. The van der Waals surface area contributed by atoms with Crippen molar-refractivity contribution in [1.29, 1.82) is 0 Å². The minimum atomic E-state index is 0.204. The van der Waals surface area contributed by atoms with Gasteiger partial charge in [0.1, 0.15) is 5.75 Å². The van der Waals surface area contributed by atoms with Crippen LogP contribution in [0, 0.1) is 0 Å². The Hall–Kier alpha value is 0.160. The summed E-state index contributed by atoms with van der Waals surface area (Å²) in [7, 11) is 0. The van der Waals surface area contributed by atoms with Gasteiger partial charge in [-0.25, -0.2) is 0 Å². The first-order valence-corrected chi connectivity index (χ1v) is 10.5. The summed E-state index contributed by atoms with van der Waals surface area (Å²) in [5, 5.41) is 1.25. The van der Waals surface area contributed by atoms with Crippen LogP contribution < -0.4 is 10.5 Å². The lowest BCUT2D eigenvalue weighted by Gasteiger charge is -2.34. The van der Waals surface area contributed by atoms with Crippen molar-refractivity contribution < 1.29 is 4.74 Å². The number of hydrogen-bond acceptors (Lipinski definition) is 4. The van der Waals surface area contributed by atoms with E-state index in [1.54, 1.807) is 0 Å². The van der Waals surface area contributed by atoms with E-state index in [1.165, 1.54) is 29.1 Å². The summed E-state index contributed by atoms with van der Waals surface area (Å²) in [5.41, 5.74) is 9.18. The van der Waals surface area contributed by atoms with Crippen molar-refractivity contribution in [2.75, 3.05) is 18.1 Å². The maximum absolute atomic E-state index is 6.59. The van der Waals surface area contributed by atoms with Crippen molar-refractivity contribution in [1.82, 2.24) is 0 Å². The highest BCUT2D eigenvalue weighted by Crippen LogP contribution is 2.38. The molecule has 1 aromatic carbocycles. The zero-order valence-corrected chi connectivity index (χ0v) is 15.5. The molecule has 0 amide bonds. The lowest BCUT2D eigenvalue weighted by atomic mass is 9.98. The fraction of sp³-hybridized carbons (Fsp3) is 0.625. The first kappa shape index (κ1) is 16.0. The standard InChI is InChI=1S/C16H22BrNOS2/c1-2-14-16(21-6-5-20-14)13(18)9-11-8-12(17)7-10-3-4-19-15(10)11/h7-8,13-14,16H,2-6,9,18H2,1H3. The van der Waals surface area contributed by atoms with Gasteiger partial charge in [-0.3, -0.25) is 0 Å². The van der Waals surface area contributed by atoms with Crippen molar-refractivity contribution in [2.45, 2.75) is 42.7 Å². The smallest absolute Gasteiger partial charge is 0.125 e. The maximum atomic E-state index is 6.59. The third kappa shape index (κ3) is 3.57. The molecule has 5 heteroatoms. The largest absolute Gasteiger partial charge is 0.493 e. The Morgan fingerprint density at radius 2 is 2.19 bits per heavy atom. The van der Waals surface area contributed by atoms with Gasteiger partial charge in [-0.15, -0.1) is 0 Å². The lowest BCUT2D eigenvalue weighted by Crippen LogP contribution is -2.43. The second kappa shape index (κ2) is 7.16. The van der Waals surface area contributed by atoms with Gasteiger partial charge in [0, 0.05) is 38.9 Å². The molecule has 1 fully saturated rings.